The monoisotopic (exact) mass is 1010 g/mol. The third kappa shape index (κ3) is 20.4. The van der Waals surface area contributed by atoms with Crippen molar-refractivity contribution >= 4 is 11.9 Å². The lowest BCUT2D eigenvalue weighted by Gasteiger charge is -2.46. The number of cyclic esters (lactones) is 1. The van der Waals surface area contributed by atoms with Crippen molar-refractivity contribution in [1.29, 1.82) is 0 Å². The molecule has 0 aromatic rings. The number of allylic oxidation sites excluding steroid dienone is 12. The number of nitrogens with one attached hydrogen (secondary N) is 1. The molecular weight excluding hydrogens is 929 g/mol. The first kappa shape index (κ1) is 61.8. The largest absolute Gasteiger partial charge is 0.462 e. The number of aliphatic hydroxyl groups is 12. The maximum absolute atomic E-state index is 13.9. The van der Waals surface area contributed by atoms with Crippen LogP contribution in [0.15, 0.2) is 85.1 Å². The van der Waals surface area contributed by atoms with Gasteiger partial charge in [0.25, 0.3) is 0 Å². The molecule has 2 saturated heterocycles. The highest BCUT2D eigenvalue weighted by Gasteiger charge is 2.52. The van der Waals surface area contributed by atoms with Crippen molar-refractivity contribution < 1.29 is 89.8 Å². The van der Waals surface area contributed by atoms with Gasteiger partial charge in [0.05, 0.1) is 104 Å². The zero-order valence-corrected chi connectivity index (χ0v) is 41.4. The number of esters is 1. The zero-order chi connectivity index (χ0) is 53.1. The number of amides is 1. The van der Waals surface area contributed by atoms with Gasteiger partial charge in [0, 0.05) is 31.1 Å². The molecule has 1 amide bonds. The third-order valence-electron chi connectivity index (χ3n) is 13.2. The first-order valence-electron chi connectivity index (χ1n) is 24.4. The first-order chi connectivity index (χ1) is 33.4. The Labute approximate surface area is 416 Å². The molecule has 2 fully saturated rings. The molecule has 0 saturated carbocycles. The van der Waals surface area contributed by atoms with Gasteiger partial charge >= 0.3 is 5.97 Å². The van der Waals surface area contributed by atoms with Gasteiger partial charge in [0.2, 0.25) is 5.91 Å². The number of ether oxygens (including phenoxy) is 4. The molecule has 0 unspecified atom stereocenters. The Morgan fingerprint density at radius 3 is 1.82 bits per heavy atom. The number of rotatable bonds is 6. The van der Waals surface area contributed by atoms with Gasteiger partial charge < -0.3 is 91.3 Å². The molecule has 71 heavy (non-hydrogen) atoms. The van der Waals surface area contributed by atoms with Crippen LogP contribution >= 0.6 is 0 Å². The minimum Gasteiger partial charge on any atom is -0.462 e. The van der Waals surface area contributed by atoms with Gasteiger partial charge in [-0.3, -0.25) is 9.59 Å². The van der Waals surface area contributed by atoms with E-state index in [0.717, 1.165) is 0 Å². The predicted octanol–water partition coefficient (Wildman–Crippen LogP) is -0.513. The summed E-state index contributed by atoms with van der Waals surface area (Å²) in [6.45, 7) is 6.72. The highest BCUT2D eigenvalue weighted by molar-refractivity contribution is 5.81. The fraction of sp³-hybridized carbons (Fsp3) is 0.686. The minimum atomic E-state index is -2.40. The molecule has 0 aromatic carbocycles. The highest BCUT2D eigenvalue weighted by atomic mass is 16.7. The second kappa shape index (κ2) is 30.0. The molecule has 404 valence electrons. The van der Waals surface area contributed by atoms with E-state index in [0.29, 0.717) is 0 Å². The molecule has 20 heteroatoms. The third-order valence-corrected chi connectivity index (χ3v) is 13.2. The number of aliphatic hydroxyl groups excluding tert-OH is 11. The molecule has 3 rings (SSSR count). The highest BCUT2D eigenvalue weighted by Crippen LogP contribution is 2.38. The predicted molar refractivity (Wildman–Crippen MR) is 260 cm³/mol. The van der Waals surface area contributed by atoms with Crippen LogP contribution in [-0.2, 0) is 28.5 Å². The zero-order valence-electron chi connectivity index (χ0n) is 41.4. The Hall–Kier alpha value is -3.52. The molecule has 3 aliphatic rings. The lowest BCUT2D eigenvalue weighted by atomic mass is 9.81. The quantitative estimate of drug-likeness (QED) is 0.149. The van der Waals surface area contributed by atoms with Crippen molar-refractivity contribution in [3.63, 3.8) is 0 Å². The average molecular weight is 1010 g/mol. The molecule has 0 radical (unpaired) electrons. The summed E-state index contributed by atoms with van der Waals surface area (Å²) in [7, 11) is 0. The van der Waals surface area contributed by atoms with Crippen molar-refractivity contribution in [1.82, 2.24) is 5.32 Å². The van der Waals surface area contributed by atoms with E-state index in [1.165, 1.54) is 19.9 Å². The van der Waals surface area contributed by atoms with E-state index >= 15 is 0 Å². The number of hydrogen-bond donors (Lipinski definition) is 14. The van der Waals surface area contributed by atoms with Crippen LogP contribution in [0, 0.1) is 17.8 Å². The van der Waals surface area contributed by atoms with E-state index in [1.54, 1.807) is 86.8 Å². The van der Waals surface area contributed by atoms with Gasteiger partial charge in [-0.1, -0.05) is 98.9 Å². The van der Waals surface area contributed by atoms with E-state index in [2.05, 4.69) is 5.32 Å². The van der Waals surface area contributed by atoms with Gasteiger partial charge in [-0.2, -0.15) is 0 Å². The summed E-state index contributed by atoms with van der Waals surface area (Å²) in [5.41, 5.74) is 4.54. The summed E-state index contributed by atoms with van der Waals surface area (Å²) in [5.74, 6) is -6.28. The molecule has 0 aliphatic carbocycles. The normalized spacial score (nSPS) is 42.9. The summed E-state index contributed by atoms with van der Waals surface area (Å²) < 4.78 is 23.6. The molecule has 3 aliphatic heterocycles. The van der Waals surface area contributed by atoms with E-state index in [1.807, 2.05) is 13.0 Å². The standard InChI is InChI=1S/C51H82N2O18/c1-30-18-16-14-12-10-8-6-7-9-11-13-15-17-19-37(70-49-47(65)44(52)46(64)33(4)69-49)25-41-43(48(66)53-50(5,28-54)29-55)40(61)27-51(67,71-41)26-39(60)38(59)21-20-34(56)22-35(57)23-36(58)24-42(62)68-32(3)31(2)45(30)63/h6-19,30-41,43-47,49,54-61,63-65,67H,20-29,52H2,1-5H3,(H,53,66)/b7-6+,10-8+,11-9+,14-12+,15-13+,18-16+,19-17+/t30-,31-,32-,33-,34+,35+,36+,37-,38+,39+,40-,41-,43+,44+,45+,46-,47+,49+,51+/m0/s1. The molecule has 0 aromatic heterocycles. The molecular formula is C51H82N2O18. The van der Waals surface area contributed by atoms with Gasteiger partial charge in [0.1, 0.15) is 12.2 Å². The van der Waals surface area contributed by atoms with Gasteiger partial charge in [-0.15, -0.1) is 0 Å². The van der Waals surface area contributed by atoms with Crippen LogP contribution in [-0.4, -0.2) is 189 Å². The van der Waals surface area contributed by atoms with Crippen LogP contribution in [0.2, 0.25) is 0 Å². The van der Waals surface area contributed by atoms with E-state index in [-0.39, 0.29) is 38.0 Å². The number of carbonyl (C=O) groups excluding carboxylic acids is 2. The van der Waals surface area contributed by atoms with Crippen LogP contribution in [0.5, 0.6) is 0 Å². The summed E-state index contributed by atoms with van der Waals surface area (Å²) in [5, 5.41) is 132. The van der Waals surface area contributed by atoms with Crippen molar-refractivity contribution in [2.45, 2.75) is 189 Å². The van der Waals surface area contributed by atoms with Crippen molar-refractivity contribution in [2.24, 2.45) is 23.5 Å². The number of nitrogens with two attached hydrogens (primary N) is 1. The Kier molecular flexibility index (Phi) is 26.1. The Morgan fingerprint density at radius 2 is 1.24 bits per heavy atom. The number of carbonyl (C=O) groups is 2. The van der Waals surface area contributed by atoms with Crippen LogP contribution < -0.4 is 11.1 Å². The Morgan fingerprint density at radius 1 is 0.704 bits per heavy atom. The van der Waals surface area contributed by atoms with Gasteiger partial charge in [-0.05, 0) is 46.5 Å². The SMILES string of the molecule is C[C@@H]1[C@H](O)[C@@H](C)/C=C/C=C/C=C/C=C/C=C/C=C/C=C/[C@H](O[C@H]2O[C@@H](C)[C@H](O)[C@@H](N)[C@H]2O)C[C@@H]2O[C@](O)(C[C@@H](O)[C@H](O)CC[C@@H](O)C[C@@H](O)C[C@@H](O)CC(=O)O[C@H]1C)C[C@H](O)[C@H]2C(=O)NC(C)(CO)CO. The minimum absolute atomic E-state index is 0.159. The van der Waals surface area contributed by atoms with Crippen LogP contribution in [0.1, 0.15) is 86.0 Å². The number of hydrogen-bond acceptors (Lipinski definition) is 19. The van der Waals surface area contributed by atoms with Crippen LogP contribution in [0.3, 0.4) is 0 Å². The molecule has 19 atom stereocenters. The molecule has 0 spiro atoms. The molecule has 20 nitrogen and oxygen atoms in total. The fourth-order valence-corrected chi connectivity index (χ4v) is 8.48. The average Bonchev–Trinajstić information content (AvgIpc) is 3.30. The fourth-order valence-electron chi connectivity index (χ4n) is 8.48. The van der Waals surface area contributed by atoms with Crippen LogP contribution in [0.25, 0.3) is 0 Å². The Bertz CT molecular complexity index is 1820. The summed E-state index contributed by atoms with van der Waals surface area (Å²) in [6.07, 6.45) is 3.12. The molecule has 15 N–H and O–H groups in total. The Balaban J connectivity index is 1.96. The topological polar surface area (TPSA) is 352 Å². The summed E-state index contributed by atoms with van der Waals surface area (Å²) >= 11 is 0. The number of fused-ring (bicyclic) bond motifs is 2. The lowest BCUT2D eigenvalue weighted by Crippen LogP contribution is -2.62. The second-order valence-corrected chi connectivity index (χ2v) is 19.6. The van der Waals surface area contributed by atoms with Gasteiger partial charge in [0.15, 0.2) is 12.1 Å². The van der Waals surface area contributed by atoms with E-state index < -0.39 is 159 Å². The van der Waals surface area contributed by atoms with Gasteiger partial charge in [-0.25, -0.2) is 0 Å². The summed E-state index contributed by atoms with van der Waals surface area (Å²) in [4.78, 5) is 26.6. The molecule has 2 bridgehead atoms. The second-order valence-electron chi connectivity index (χ2n) is 19.6. The van der Waals surface area contributed by atoms with Crippen molar-refractivity contribution in [3.05, 3.63) is 85.1 Å². The van der Waals surface area contributed by atoms with Crippen molar-refractivity contribution in [2.75, 3.05) is 13.2 Å². The van der Waals surface area contributed by atoms with Crippen LogP contribution in [0.4, 0.5) is 0 Å². The van der Waals surface area contributed by atoms with E-state index in [4.69, 9.17) is 24.7 Å². The first-order valence-corrected chi connectivity index (χ1v) is 24.4. The van der Waals surface area contributed by atoms with Crippen molar-refractivity contribution in [3.8, 4) is 0 Å². The molecule has 3 heterocycles. The van der Waals surface area contributed by atoms with E-state index in [9.17, 15) is 70.9 Å². The maximum Gasteiger partial charge on any atom is 0.308 e. The maximum atomic E-state index is 13.9. The lowest BCUT2D eigenvalue weighted by molar-refractivity contribution is -0.308. The summed E-state index contributed by atoms with van der Waals surface area (Å²) in [6, 6.07) is -1.18. The smallest absolute Gasteiger partial charge is 0.308 e.